The Kier molecular flexibility index (Phi) is 13.3. The highest BCUT2D eigenvalue weighted by atomic mass is 32.2. The second-order valence-corrected chi connectivity index (χ2v) is 14.7. The first-order chi connectivity index (χ1) is 16.4. The Morgan fingerprint density at radius 2 is 1.53 bits per heavy atom. The Morgan fingerprint density at radius 3 is 1.94 bits per heavy atom. The molecule has 0 heterocycles. The summed E-state index contributed by atoms with van der Waals surface area (Å²) in [7, 11) is 1.51. The maximum atomic E-state index is 12.6. The Morgan fingerprint density at radius 1 is 1.00 bits per heavy atom. The molecule has 0 aromatic carbocycles. The van der Waals surface area contributed by atoms with Crippen LogP contribution in [0.4, 0.5) is 0 Å². The van der Waals surface area contributed by atoms with Crippen molar-refractivity contribution in [2.45, 2.75) is 120 Å². The summed E-state index contributed by atoms with van der Waals surface area (Å²) in [5.74, 6) is 0.0412. The minimum atomic E-state index is -0.836. The van der Waals surface area contributed by atoms with Crippen LogP contribution in [0.5, 0.6) is 0 Å². The smallest absolute Gasteiger partial charge is 0.321 e. The summed E-state index contributed by atoms with van der Waals surface area (Å²) in [5.41, 5.74) is 4.93. The second kappa shape index (κ2) is 14.4. The monoisotopic (exact) mass is 545 g/mol. The van der Waals surface area contributed by atoms with E-state index in [0.29, 0.717) is 35.0 Å². The third-order valence-electron chi connectivity index (χ3n) is 6.03. The number of nitrogens with one attached hydrogen (secondary N) is 2. The zero-order chi connectivity index (χ0) is 27.7. The van der Waals surface area contributed by atoms with Crippen LogP contribution in [0.25, 0.3) is 0 Å². The zero-order valence-corrected chi connectivity index (χ0v) is 25.1. The van der Waals surface area contributed by atoms with E-state index in [0.717, 1.165) is 19.3 Å². The second-order valence-electron chi connectivity index (χ2n) is 12.2. The molecule has 0 aromatic heterocycles. The van der Waals surface area contributed by atoms with Crippen LogP contribution < -0.4 is 16.4 Å². The fraction of sp³-hybridized carbons (Fsp3) is 0.880. The number of aliphatic carboxylic acids is 1. The molecule has 0 radical (unpaired) electrons. The molecule has 4 atom stereocenters. The molecule has 0 aliphatic heterocycles. The van der Waals surface area contributed by atoms with Gasteiger partial charge < -0.3 is 25.7 Å². The largest absolute Gasteiger partial charge is 0.480 e. The number of carbonyl (C=O) groups excluding carboxylic acids is 2. The fourth-order valence-corrected chi connectivity index (χ4v) is 6.76. The number of hydrogen-bond acceptors (Lipinski definition) is 8. The van der Waals surface area contributed by atoms with Gasteiger partial charge >= 0.3 is 5.97 Å². The Labute approximate surface area is 227 Å². The van der Waals surface area contributed by atoms with Crippen molar-refractivity contribution in [3.05, 3.63) is 0 Å². The average Bonchev–Trinajstić information content (AvgIpc) is 2.67. The highest BCUT2D eigenvalue weighted by Gasteiger charge is 2.34. The number of thioether (sulfide) groups is 2. The molecule has 4 unspecified atom stereocenters. The summed E-state index contributed by atoms with van der Waals surface area (Å²) in [5, 5.41) is 16.3. The highest BCUT2D eigenvalue weighted by molar-refractivity contribution is 8.04. The van der Waals surface area contributed by atoms with E-state index in [1.165, 1.54) is 7.85 Å². The molecule has 1 amide bonds. The van der Waals surface area contributed by atoms with E-state index in [1.807, 2.05) is 48.5 Å². The van der Waals surface area contributed by atoms with Gasteiger partial charge in [0.2, 0.25) is 5.91 Å². The molecule has 1 aliphatic carbocycles. The first kappa shape index (κ1) is 33.3. The van der Waals surface area contributed by atoms with Crippen LogP contribution in [0.15, 0.2) is 0 Å². The number of carboxylic acids is 1. The SMILES string of the molecule is BC(=O)C(CSC1CCC1SCC(NC(C)(C)C)C(=O)O)NC(=O)CCC(C)(C)OCCC(C)(C)N. The number of nitrogens with two attached hydrogens (primary N) is 1. The van der Waals surface area contributed by atoms with E-state index in [-0.39, 0.29) is 29.1 Å². The lowest BCUT2D eigenvalue weighted by atomic mass is 9.95. The summed E-state index contributed by atoms with van der Waals surface area (Å²) in [6, 6.07) is -1.12. The van der Waals surface area contributed by atoms with Crippen molar-refractivity contribution >= 4 is 48.9 Å². The van der Waals surface area contributed by atoms with Crippen LogP contribution >= 0.6 is 23.5 Å². The topological polar surface area (TPSA) is 131 Å². The molecule has 1 fully saturated rings. The Balaban J connectivity index is 2.46. The van der Waals surface area contributed by atoms with Crippen molar-refractivity contribution in [1.82, 2.24) is 10.6 Å². The van der Waals surface area contributed by atoms with Gasteiger partial charge in [-0.1, -0.05) is 0 Å². The van der Waals surface area contributed by atoms with Crippen molar-refractivity contribution in [1.29, 1.82) is 0 Å². The van der Waals surface area contributed by atoms with Gasteiger partial charge in [-0.2, -0.15) is 23.5 Å². The van der Waals surface area contributed by atoms with Crippen molar-refractivity contribution in [3.8, 4) is 0 Å². The van der Waals surface area contributed by atoms with Gasteiger partial charge in [-0.3, -0.25) is 14.9 Å². The Bertz CT molecular complexity index is 740. The normalized spacial score (nSPS) is 20.3. The van der Waals surface area contributed by atoms with Gasteiger partial charge in [-0.05, 0) is 74.1 Å². The molecule has 8 nitrogen and oxygen atoms in total. The molecule has 1 aliphatic rings. The molecule has 0 saturated heterocycles. The predicted octanol–water partition coefficient (Wildman–Crippen LogP) is 2.17. The van der Waals surface area contributed by atoms with Crippen molar-refractivity contribution in [2.24, 2.45) is 5.73 Å². The molecule has 1 saturated carbocycles. The first-order valence-electron chi connectivity index (χ1n) is 12.8. The third-order valence-corrected chi connectivity index (χ3v) is 9.24. The lowest BCUT2D eigenvalue weighted by Gasteiger charge is -2.37. The van der Waals surface area contributed by atoms with Gasteiger partial charge in [0.25, 0.3) is 0 Å². The van der Waals surface area contributed by atoms with Crippen LogP contribution in [0, 0.1) is 0 Å². The molecule has 36 heavy (non-hydrogen) atoms. The number of carboxylic acid groups (broad SMARTS) is 1. The Hall–Kier alpha value is -0.745. The third kappa shape index (κ3) is 14.3. The summed E-state index contributed by atoms with van der Waals surface area (Å²) in [6.07, 6.45) is 3.65. The maximum Gasteiger partial charge on any atom is 0.321 e. The fourth-order valence-electron chi connectivity index (χ4n) is 3.56. The zero-order valence-electron chi connectivity index (χ0n) is 23.4. The van der Waals surface area contributed by atoms with Crippen molar-refractivity contribution < 1.29 is 24.2 Å². The molecular weight excluding hydrogens is 497 g/mol. The summed E-state index contributed by atoms with van der Waals surface area (Å²) < 4.78 is 5.93. The van der Waals surface area contributed by atoms with Crippen molar-refractivity contribution in [2.75, 3.05) is 18.1 Å². The minimum absolute atomic E-state index is 0.0552. The molecule has 0 bridgehead atoms. The predicted molar refractivity (Wildman–Crippen MR) is 154 cm³/mol. The molecule has 11 heteroatoms. The average molecular weight is 546 g/mol. The van der Waals surface area contributed by atoms with Crippen LogP contribution in [0.1, 0.15) is 80.6 Å². The minimum Gasteiger partial charge on any atom is -0.480 e. The van der Waals surface area contributed by atoms with Crippen LogP contribution in [-0.4, -0.2) is 87.9 Å². The van der Waals surface area contributed by atoms with Crippen molar-refractivity contribution in [3.63, 3.8) is 0 Å². The lowest BCUT2D eigenvalue weighted by Crippen LogP contribution is -2.49. The van der Waals surface area contributed by atoms with Gasteiger partial charge in [0, 0.05) is 46.1 Å². The van der Waals surface area contributed by atoms with Crippen LogP contribution in [0.2, 0.25) is 0 Å². The van der Waals surface area contributed by atoms with Crippen LogP contribution in [0.3, 0.4) is 0 Å². The summed E-state index contributed by atoms with van der Waals surface area (Å²) in [4.78, 5) is 36.4. The van der Waals surface area contributed by atoms with Gasteiger partial charge in [0.05, 0.1) is 11.6 Å². The molecule has 5 N–H and O–H groups in total. The molecule has 1 rings (SSSR count). The maximum absolute atomic E-state index is 12.6. The number of rotatable bonds is 17. The van der Waals surface area contributed by atoms with E-state index in [9.17, 15) is 19.5 Å². The van der Waals surface area contributed by atoms with E-state index in [1.54, 1.807) is 23.5 Å². The molecule has 0 aromatic rings. The highest BCUT2D eigenvalue weighted by Crippen LogP contribution is 2.40. The molecule has 0 spiro atoms. The lowest BCUT2D eigenvalue weighted by molar-refractivity contribution is -0.139. The van der Waals surface area contributed by atoms with E-state index in [4.69, 9.17) is 10.5 Å². The number of ether oxygens (including phenoxy) is 1. The first-order valence-corrected chi connectivity index (χ1v) is 14.9. The number of hydrogen-bond donors (Lipinski definition) is 4. The van der Waals surface area contributed by atoms with Crippen LogP contribution in [-0.2, 0) is 19.1 Å². The van der Waals surface area contributed by atoms with Gasteiger partial charge in [-0.15, -0.1) is 0 Å². The van der Waals surface area contributed by atoms with E-state index in [2.05, 4.69) is 10.6 Å². The van der Waals surface area contributed by atoms with E-state index >= 15 is 0 Å². The summed E-state index contributed by atoms with van der Waals surface area (Å²) in [6.45, 7) is 14.2. The number of carbonyl (C=O) groups is 3. The van der Waals surface area contributed by atoms with Gasteiger partial charge in [0.15, 0.2) is 7.85 Å². The summed E-state index contributed by atoms with van der Waals surface area (Å²) >= 11 is 3.38. The van der Waals surface area contributed by atoms with Gasteiger partial charge in [0.1, 0.15) is 11.7 Å². The van der Waals surface area contributed by atoms with Gasteiger partial charge in [-0.25, -0.2) is 0 Å². The van der Waals surface area contributed by atoms with E-state index < -0.39 is 23.7 Å². The number of amides is 1. The molecular formula is C25H48BN3O5S2. The quantitative estimate of drug-likeness (QED) is 0.203. The standard InChI is InChI=1S/C25H48BN3O5S2/c1-23(2,3)29-17(22(32)33)15-36-19-9-8-18(19)35-14-16(21(26)31)28-20(30)10-11-25(6,7)34-13-12-24(4,5)27/h16-19,29H,8-15,26-27H2,1-7H3,(H,28,30)(H,32,33). The molecule has 208 valence electrons.